The van der Waals surface area contributed by atoms with Crippen LogP contribution in [0, 0.1) is 0 Å². The lowest BCUT2D eigenvalue weighted by molar-refractivity contribution is 0.252. The van der Waals surface area contributed by atoms with Crippen LogP contribution in [0.3, 0.4) is 0 Å². The van der Waals surface area contributed by atoms with Crippen LogP contribution in [-0.4, -0.2) is 12.6 Å². The molecule has 0 heterocycles. The Morgan fingerprint density at radius 2 is 1.52 bits per heavy atom. The lowest BCUT2D eigenvalue weighted by atomic mass is 10.1. The molecule has 3 nitrogen and oxygen atoms in total. The second kappa shape index (κ2) is 7.55. The van der Waals surface area contributed by atoms with Crippen LogP contribution < -0.4 is 10.6 Å². The normalized spacial score (nSPS) is 10.2. The number of urea groups is 1. The van der Waals surface area contributed by atoms with Crippen molar-refractivity contribution in [2.24, 2.45) is 0 Å². The van der Waals surface area contributed by atoms with E-state index in [1.54, 1.807) is 18.2 Å². The van der Waals surface area contributed by atoms with E-state index >= 15 is 0 Å². The third kappa shape index (κ3) is 4.53. The first-order chi connectivity index (χ1) is 10.1. The van der Waals surface area contributed by atoms with Gasteiger partial charge in [-0.2, -0.15) is 0 Å². The lowest BCUT2D eigenvalue weighted by Crippen LogP contribution is -2.30. The molecule has 0 aliphatic heterocycles. The smallest absolute Gasteiger partial charge is 0.319 e. The number of benzene rings is 2. The van der Waals surface area contributed by atoms with Gasteiger partial charge < -0.3 is 10.6 Å². The fourth-order valence-electron chi connectivity index (χ4n) is 1.79. The van der Waals surface area contributed by atoms with Gasteiger partial charge in [-0.15, -0.1) is 0 Å². The van der Waals surface area contributed by atoms with Crippen LogP contribution in [-0.2, 0) is 6.42 Å². The van der Waals surface area contributed by atoms with Crippen molar-refractivity contribution < 1.29 is 4.79 Å². The molecule has 0 bridgehead atoms. The van der Waals surface area contributed by atoms with Crippen molar-refractivity contribution >= 4 is 46.5 Å². The first-order valence-corrected chi connectivity index (χ1v) is 7.43. The largest absolute Gasteiger partial charge is 0.338 e. The fourth-order valence-corrected chi connectivity index (χ4v) is 2.51. The maximum atomic E-state index is 11.8. The summed E-state index contributed by atoms with van der Waals surface area (Å²) in [4.78, 5) is 11.8. The van der Waals surface area contributed by atoms with E-state index in [1.165, 1.54) is 0 Å². The molecule has 2 rings (SSSR count). The molecule has 2 aromatic rings. The molecule has 0 unspecified atom stereocenters. The van der Waals surface area contributed by atoms with E-state index in [2.05, 4.69) is 10.6 Å². The molecular weight excluding hydrogens is 331 g/mol. The minimum absolute atomic E-state index is 0.364. The summed E-state index contributed by atoms with van der Waals surface area (Å²) in [6.07, 6.45) is 0.642. The molecule has 2 N–H and O–H groups in total. The number of carbonyl (C=O) groups excluding carboxylic acids is 1. The Bertz CT molecular complexity index is 626. The summed E-state index contributed by atoms with van der Waals surface area (Å²) >= 11 is 18.0. The quantitative estimate of drug-likeness (QED) is 0.805. The Labute approximate surface area is 138 Å². The molecule has 0 aliphatic rings. The van der Waals surface area contributed by atoms with Gasteiger partial charge in [0.15, 0.2) is 0 Å². The number of halogens is 3. The highest BCUT2D eigenvalue weighted by molar-refractivity contribution is 6.39. The molecule has 2 amide bonds. The van der Waals surface area contributed by atoms with Gasteiger partial charge in [-0.1, -0.05) is 59.1 Å². The number of hydrogen-bond acceptors (Lipinski definition) is 1. The average Bonchev–Trinajstić information content (AvgIpc) is 2.45. The van der Waals surface area contributed by atoms with Crippen molar-refractivity contribution in [2.45, 2.75) is 6.42 Å². The van der Waals surface area contributed by atoms with E-state index in [9.17, 15) is 4.79 Å². The van der Waals surface area contributed by atoms with Gasteiger partial charge >= 0.3 is 6.03 Å². The van der Waals surface area contributed by atoms with Gasteiger partial charge in [-0.25, -0.2) is 4.79 Å². The maximum absolute atomic E-state index is 11.8. The average molecular weight is 344 g/mol. The molecule has 0 atom stereocenters. The molecule has 110 valence electrons. The summed E-state index contributed by atoms with van der Waals surface area (Å²) in [6, 6.07) is 12.2. The second-order valence-corrected chi connectivity index (χ2v) is 5.54. The Kier molecular flexibility index (Phi) is 5.74. The molecule has 2 aromatic carbocycles. The van der Waals surface area contributed by atoms with E-state index < -0.39 is 0 Å². The molecule has 21 heavy (non-hydrogen) atoms. The number of nitrogens with one attached hydrogen (secondary N) is 2. The Morgan fingerprint density at radius 3 is 2.19 bits per heavy atom. The first-order valence-electron chi connectivity index (χ1n) is 6.30. The highest BCUT2D eigenvalue weighted by Crippen LogP contribution is 2.29. The van der Waals surface area contributed by atoms with E-state index in [0.717, 1.165) is 5.56 Å². The fraction of sp³-hybridized carbons (Fsp3) is 0.133. The minimum Gasteiger partial charge on any atom is -0.338 e. The predicted octanol–water partition coefficient (Wildman–Crippen LogP) is 5.01. The summed E-state index contributed by atoms with van der Waals surface area (Å²) in [5, 5.41) is 6.84. The minimum atomic E-state index is -0.364. The first kappa shape index (κ1) is 16.0. The molecule has 6 heteroatoms. The highest BCUT2D eigenvalue weighted by atomic mass is 35.5. The van der Waals surface area contributed by atoms with Gasteiger partial charge in [-0.3, -0.25) is 0 Å². The molecule has 0 radical (unpaired) electrons. The number of carbonyl (C=O) groups is 1. The standard InChI is InChI=1S/C15H13Cl3N2O/c16-11-5-2-1-4-10(11)8-9-19-15(21)20-14-12(17)6-3-7-13(14)18/h1-7H,8-9H2,(H2,19,20,21). The van der Waals surface area contributed by atoms with Crippen molar-refractivity contribution in [1.82, 2.24) is 5.32 Å². The van der Waals surface area contributed by atoms with E-state index in [0.29, 0.717) is 33.7 Å². The van der Waals surface area contributed by atoms with Gasteiger partial charge in [0.1, 0.15) is 0 Å². The van der Waals surface area contributed by atoms with Crippen molar-refractivity contribution in [3.63, 3.8) is 0 Å². The molecule has 0 fully saturated rings. The van der Waals surface area contributed by atoms with Gasteiger partial charge in [0.05, 0.1) is 15.7 Å². The van der Waals surface area contributed by atoms with Crippen LogP contribution in [0.5, 0.6) is 0 Å². The van der Waals surface area contributed by atoms with Crippen molar-refractivity contribution in [1.29, 1.82) is 0 Å². The lowest BCUT2D eigenvalue weighted by Gasteiger charge is -2.10. The van der Waals surface area contributed by atoms with Crippen LogP contribution in [0.25, 0.3) is 0 Å². The second-order valence-electron chi connectivity index (χ2n) is 4.32. The number of amides is 2. The van der Waals surface area contributed by atoms with E-state index in [4.69, 9.17) is 34.8 Å². The Morgan fingerprint density at radius 1 is 0.905 bits per heavy atom. The van der Waals surface area contributed by atoms with E-state index in [-0.39, 0.29) is 6.03 Å². The van der Waals surface area contributed by atoms with Crippen molar-refractivity contribution in [3.05, 3.63) is 63.1 Å². The van der Waals surface area contributed by atoms with Gasteiger partial charge in [-0.05, 0) is 30.2 Å². The zero-order chi connectivity index (χ0) is 15.2. The van der Waals surface area contributed by atoms with Crippen molar-refractivity contribution in [3.8, 4) is 0 Å². The van der Waals surface area contributed by atoms with Gasteiger partial charge in [0.2, 0.25) is 0 Å². The molecular formula is C15H13Cl3N2O. The molecule has 0 saturated heterocycles. The topological polar surface area (TPSA) is 41.1 Å². The molecule has 0 saturated carbocycles. The van der Waals surface area contributed by atoms with Crippen LogP contribution in [0.2, 0.25) is 15.1 Å². The SMILES string of the molecule is O=C(NCCc1ccccc1Cl)Nc1c(Cl)cccc1Cl. The Balaban J connectivity index is 1.87. The molecule has 0 aromatic heterocycles. The number of rotatable bonds is 4. The third-order valence-electron chi connectivity index (χ3n) is 2.84. The van der Waals surface area contributed by atoms with Crippen molar-refractivity contribution in [2.75, 3.05) is 11.9 Å². The van der Waals surface area contributed by atoms with E-state index in [1.807, 2.05) is 24.3 Å². The number of hydrogen-bond donors (Lipinski definition) is 2. The molecule has 0 aliphatic carbocycles. The summed E-state index contributed by atoms with van der Waals surface area (Å²) in [7, 11) is 0. The van der Waals surface area contributed by atoms with Gasteiger partial charge in [0, 0.05) is 11.6 Å². The zero-order valence-corrected chi connectivity index (χ0v) is 13.3. The monoisotopic (exact) mass is 342 g/mol. The zero-order valence-electron chi connectivity index (χ0n) is 11.0. The van der Waals surface area contributed by atoms with Crippen LogP contribution in [0.15, 0.2) is 42.5 Å². The number of para-hydroxylation sites is 1. The van der Waals surface area contributed by atoms with Crippen LogP contribution in [0.4, 0.5) is 10.5 Å². The Hall–Kier alpha value is -1.42. The van der Waals surface area contributed by atoms with Crippen LogP contribution >= 0.6 is 34.8 Å². The summed E-state index contributed by atoms with van der Waals surface area (Å²) in [5.74, 6) is 0. The van der Waals surface area contributed by atoms with Crippen LogP contribution in [0.1, 0.15) is 5.56 Å². The summed E-state index contributed by atoms with van der Waals surface area (Å²) in [5.41, 5.74) is 1.38. The number of anilines is 1. The summed E-state index contributed by atoms with van der Waals surface area (Å²) < 4.78 is 0. The third-order valence-corrected chi connectivity index (χ3v) is 3.84. The summed E-state index contributed by atoms with van der Waals surface area (Å²) in [6.45, 7) is 0.456. The van der Waals surface area contributed by atoms with Gasteiger partial charge in [0.25, 0.3) is 0 Å². The maximum Gasteiger partial charge on any atom is 0.319 e. The molecule has 0 spiro atoms. The highest BCUT2D eigenvalue weighted by Gasteiger charge is 2.09. The predicted molar refractivity (Wildman–Crippen MR) is 88.6 cm³/mol.